The number of carbonyl (C=O) groups is 1. The van der Waals surface area contributed by atoms with E-state index in [4.69, 9.17) is 4.42 Å². The molecule has 1 amide bonds. The zero-order valence-electron chi connectivity index (χ0n) is 22.6. The van der Waals surface area contributed by atoms with E-state index in [0.29, 0.717) is 38.8 Å². The highest BCUT2D eigenvalue weighted by Crippen LogP contribution is 2.41. The van der Waals surface area contributed by atoms with Gasteiger partial charge in [-0.1, -0.05) is 6.07 Å². The van der Waals surface area contributed by atoms with Gasteiger partial charge in [0.15, 0.2) is 5.82 Å². The molecule has 0 aliphatic heterocycles. The van der Waals surface area contributed by atoms with Crippen LogP contribution in [0.5, 0.6) is 0 Å². The van der Waals surface area contributed by atoms with E-state index in [9.17, 15) is 22.0 Å². The minimum Gasteiger partial charge on any atom is -0.455 e. The topological polar surface area (TPSA) is 121 Å². The van der Waals surface area contributed by atoms with Crippen LogP contribution < -0.4 is 9.62 Å². The molecule has 0 radical (unpaired) electrons. The molecular formula is C30H23F2N5O4S. The van der Waals surface area contributed by atoms with E-state index in [0.717, 1.165) is 10.6 Å². The van der Waals surface area contributed by atoms with Crippen molar-refractivity contribution in [3.8, 4) is 34.1 Å². The summed E-state index contributed by atoms with van der Waals surface area (Å²) >= 11 is 0. The predicted octanol–water partition coefficient (Wildman–Crippen LogP) is 5.74. The fourth-order valence-electron chi connectivity index (χ4n) is 4.80. The summed E-state index contributed by atoms with van der Waals surface area (Å²) in [5.74, 6) is -0.954. The van der Waals surface area contributed by atoms with Crippen LogP contribution in [0, 0.1) is 11.6 Å². The third-order valence-corrected chi connectivity index (χ3v) is 8.18. The van der Waals surface area contributed by atoms with Crippen molar-refractivity contribution in [1.82, 2.24) is 20.3 Å². The lowest BCUT2D eigenvalue weighted by Crippen LogP contribution is -2.25. The number of H-pyrrole nitrogens is 1. The number of amides is 1. The Balaban J connectivity index is 1.60. The van der Waals surface area contributed by atoms with E-state index in [1.54, 1.807) is 30.3 Å². The van der Waals surface area contributed by atoms with Gasteiger partial charge >= 0.3 is 0 Å². The number of hydrogen-bond acceptors (Lipinski definition) is 6. The number of aromatic amines is 1. The highest BCUT2D eigenvalue weighted by atomic mass is 32.2. The Morgan fingerprint density at radius 1 is 1.02 bits per heavy atom. The largest absolute Gasteiger partial charge is 0.455 e. The van der Waals surface area contributed by atoms with E-state index in [1.807, 2.05) is 0 Å². The highest BCUT2D eigenvalue weighted by Gasteiger charge is 2.27. The maximum atomic E-state index is 14.4. The van der Waals surface area contributed by atoms with Crippen molar-refractivity contribution in [2.24, 2.45) is 0 Å². The number of furan rings is 1. The van der Waals surface area contributed by atoms with Gasteiger partial charge in [0.1, 0.15) is 23.0 Å². The van der Waals surface area contributed by atoms with Gasteiger partial charge in [0.05, 0.1) is 28.9 Å². The summed E-state index contributed by atoms with van der Waals surface area (Å²) in [6.07, 6.45) is 2.56. The second-order valence-corrected chi connectivity index (χ2v) is 11.7. The van der Waals surface area contributed by atoms with Crippen LogP contribution in [0.15, 0.2) is 77.3 Å². The fourth-order valence-corrected chi connectivity index (χ4v) is 5.31. The molecule has 3 heterocycles. The second kappa shape index (κ2) is 10.1. The Hall–Kier alpha value is -5.10. The molecule has 0 fully saturated rings. The zero-order chi connectivity index (χ0) is 29.8. The van der Waals surface area contributed by atoms with Gasteiger partial charge < -0.3 is 14.7 Å². The number of nitrogens with one attached hydrogen (secondary N) is 2. The lowest BCUT2D eigenvalue weighted by Gasteiger charge is -2.20. The van der Waals surface area contributed by atoms with E-state index in [2.05, 4.69) is 20.3 Å². The summed E-state index contributed by atoms with van der Waals surface area (Å²) in [4.78, 5) is 25.4. The van der Waals surface area contributed by atoms with Crippen molar-refractivity contribution in [2.75, 3.05) is 24.7 Å². The van der Waals surface area contributed by atoms with E-state index < -0.39 is 21.7 Å². The summed E-state index contributed by atoms with van der Waals surface area (Å²) in [5.41, 5.74) is 2.92. The molecule has 6 aromatic rings. The molecule has 0 unspecified atom stereocenters. The quantitative estimate of drug-likeness (QED) is 0.256. The lowest BCUT2D eigenvalue weighted by molar-refractivity contribution is 0.0964. The number of rotatable bonds is 6. The van der Waals surface area contributed by atoms with Crippen LogP contribution in [0.1, 0.15) is 10.4 Å². The van der Waals surface area contributed by atoms with Gasteiger partial charge in [-0.25, -0.2) is 27.2 Å². The molecule has 2 N–H and O–H groups in total. The van der Waals surface area contributed by atoms with Crippen molar-refractivity contribution in [3.63, 3.8) is 0 Å². The number of carbonyl (C=O) groups excluding carboxylic acids is 1. The summed E-state index contributed by atoms with van der Waals surface area (Å²) in [6, 6.07) is 16.6. The predicted molar refractivity (Wildman–Crippen MR) is 157 cm³/mol. The molecule has 6 rings (SSSR count). The molecule has 42 heavy (non-hydrogen) atoms. The van der Waals surface area contributed by atoms with Crippen molar-refractivity contribution in [2.45, 2.75) is 0 Å². The van der Waals surface area contributed by atoms with Gasteiger partial charge in [0.25, 0.3) is 5.91 Å². The van der Waals surface area contributed by atoms with Crippen LogP contribution >= 0.6 is 0 Å². The SMILES string of the molecule is CNC(=O)c1c(-c2ccc(F)cc2)oc2cc(N(C)S(C)(=O)=O)c(-c3nccc(-c4cc5c(F)cccc5[nH]4)n3)cc12. The molecule has 3 aromatic carbocycles. The van der Waals surface area contributed by atoms with E-state index >= 15 is 0 Å². The van der Waals surface area contributed by atoms with Gasteiger partial charge in [-0.15, -0.1) is 0 Å². The summed E-state index contributed by atoms with van der Waals surface area (Å²) in [5, 5.41) is 3.37. The smallest absolute Gasteiger partial charge is 0.255 e. The first-order chi connectivity index (χ1) is 20.0. The first kappa shape index (κ1) is 27.1. The molecule has 0 aliphatic carbocycles. The molecule has 9 nitrogen and oxygen atoms in total. The van der Waals surface area contributed by atoms with Crippen LogP contribution in [-0.4, -0.2) is 49.6 Å². The average molecular weight is 588 g/mol. The first-order valence-electron chi connectivity index (χ1n) is 12.7. The lowest BCUT2D eigenvalue weighted by atomic mass is 10.0. The number of anilines is 1. The van der Waals surface area contributed by atoms with Gasteiger partial charge in [0.2, 0.25) is 10.0 Å². The normalized spacial score (nSPS) is 11.7. The standard InChI is InChI=1S/C30H23F2N5O4S/c1-33-30(38)27-20-13-19(29-34-12-11-23(36-29)24-14-18-21(32)5-4-6-22(18)35-24)25(37(2)42(3,39)40)15-26(20)41-28(27)16-7-9-17(31)10-8-16/h4-15,35H,1-3H3,(H,33,38). The van der Waals surface area contributed by atoms with Gasteiger partial charge in [-0.3, -0.25) is 9.10 Å². The molecule has 212 valence electrons. The Morgan fingerprint density at radius 2 is 1.79 bits per heavy atom. The summed E-state index contributed by atoms with van der Waals surface area (Å²) < 4.78 is 60.5. The number of hydrogen-bond donors (Lipinski definition) is 2. The number of aromatic nitrogens is 3. The Bertz CT molecular complexity index is 2120. The van der Waals surface area contributed by atoms with Crippen molar-refractivity contribution in [3.05, 3.63) is 90.1 Å². The van der Waals surface area contributed by atoms with Crippen LogP contribution in [0.3, 0.4) is 0 Å². The molecule has 0 saturated heterocycles. The summed E-state index contributed by atoms with van der Waals surface area (Å²) in [7, 11) is -0.900. The van der Waals surface area contributed by atoms with E-state index in [-0.39, 0.29) is 34.2 Å². The van der Waals surface area contributed by atoms with Crippen molar-refractivity contribution < 1.29 is 26.4 Å². The molecule has 0 atom stereocenters. The monoisotopic (exact) mass is 587 g/mol. The van der Waals surface area contributed by atoms with Crippen LogP contribution in [0.25, 0.3) is 56.0 Å². The van der Waals surface area contributed by atoms with Crippen LogP contribution in [0.4, 0.5) is 14.5 Å². The Labute approximate surface area is 238 Å². The number of nitrogens with zero attached hydrogens (tertiary/aromatic N) is 3. The first-order valence-corrected chi connectivity index (χ1v) is 14.5. The average Bonchev–Trinajstić information content (AvgIpc) is 3.58. The number of benzene rings is 3. The minimum absolute atomic E-state index is 0.159. The maximum Gasteiger partial charge on any atom is 0.255 e. The van der Waals surface area contributed by atoms with Gasteiger partial charge in [-0.2, -0.15) is 0 Å². The van der Waals surface area contributed by atoms with Crippen LogP contribution in [-0.2, 0) is 10.0 Å². The fraction of sp³-hybridized carbons (Fsp3) is 0.100. The second-order valence-electron chi connectivity index (χ2n) is 9.64. The molecular weight excluding hydrogens is 564 g/mol. The summed E-state index contributed by atoms with van der Waals surface area (Å²) in [6.45, 7) is 0. The van der Waals surface area contributed by atoms with Gasteiger partial charge in [0, 0.05) is 53.8 Å². The minimum atomic E-state index is -3.75. The Kier molecular flexibility index (Phi) is 6.49. The van der Waals surface area contributed by atoms with E-state index in [1.165, 1.54) is 56.7 Å². The number of fused-ring (bicyclic) bond motifs is 2. The van der Waals surface area contributed by atoms with Crippen molar-refractivity contribution >= 4 is 43.5 Å². The number of sulfonamides is 1. The third kappa shape index (κ3) is 4.65. The van der Waals surface area contributed by atoms with Crippen molar-refractivity contribution in [1.29, 1.82) is 0 Å². The zero-order valence-corrected chi connectivity index (χ0v) is 23.4. The van der Waals surface area contributed by atoms with Crippen LogP contribution in [0.2, 0.25) is 0 Å². The highest BCUT2D eigenvalue weighted by molar-refractivity contribution is 7.92. The molecule has 3 aromatic heterocycles. The molecule has 0 saturated carbocycles. The molecule has 0 aliphatic rings. The third-order valence-electron chi connectivity index (χ3n) is 6.99. The van der Waals surface area contributed by atoms with Gasteiger partial charge in [-0.05, 0) is 54.6 Å². The Morgan fingerprint density at radius 3 is 2.48 bits per heavy atom. The molecule has 0 spiro atoms. The molecule has 12 heteroatoms. The number of halogens is 2. The maximum absolute atomic E-state index is 14.4. The molecule has 0 bridgehead atoms.